The maximum Gasteiger partial charge on any atom is 0.258 e. The Labute approximate surface area is 399 Å². The lowest BCUT2D eigenvalue weighted by Gasteiger charge is -2.18. The van der Waals surface area contributed by atoms with Gasteiger partial charge in [-0.15, -0.1) is 23.2 Å². The average Bonchev–Trinajstić information content (AvgIpc) is 3.27. The quantitative estimate of drug-likeness (QED) is 0.0333. The number of azo groups is 2. The van der Waals surface area contributed by atoms with E-state index in [0.29, 0.717) is 36.0 Å². The van der Waals surface area contributed by atoms with E-state index < -0.39 is 47.3 Å². The minimum Gasteiger partial charge on any atom is -0.494 e. The second-order valence-corrected chi connectivity index (χ2v) is 15.9. The molecule has 66 heavy (non-hydrogen) atoms. The number of ether oxygens (including phenoxy) is 2. The van der Waals surface area contributed by atoms with Gasteiger partial charge < -0.3 is 30.7 Å². The Balaban J connectivity index is 1.28. The molecule has 0 aliphatic rings. The zero-order chi connectivity index (χ0) is 47.9. The number of alkyl halides is 2. The highest BCUT2D eigenvalue weighted by molar-refractivity contribution is 6.31. The second kappa shape index (κ2) is 24.0. The third-order valence-corrected chi connectivity index (χ3v) is 10.2. The lowest BCUT2D eigenvalue weighted by Crippen LogP contribution is -2.32. The monoisotopic (exact) mass is 974 g/mol. The van der Waals surface area contributed by atoms with Crippen LogP contribution in [0.2, 0.25) is 10.0 Å². The number of hydrogen-bond donors (Lipinski definition) is 4. The zero-order valence-electron chi connectivity index (χ0n) is 35.8. The molecule has 5 rings (SSSR count). The van der Waals surface area contributed by atoms with Gasteiger partial charge >= 0.3 is 0 Å². The number of benzene rings is 5. The molecule has 4 amide bonds. The van der Waals surface area contributed by atoms with Crippen LogP contribution in [0.5, 0.6) is 11.5 Å². The van der Waals surface area contributed by atoms with Crippen molar-refractivity contribution in [3.63, 3.8) is 0 Å². The first-order valence-electron chi connectivity index (χ1n) is 19.8. The molecule has 0 aliphatic carbocycles. The summed E-state index contributed by atoms with van der Waals surface area (Å²) in [5, 5.41) is 27.0. The van der Waals surface area contributed by atoms with Gasteiger partial charge in [0.05, 0.1) is 37.0 Å². The molecule has 5 aromatic rings. The average molecular weight is 977 g/mol. The van der Waals surface area contributed by atoms with Gasteiger partial charge in [0.1, 0.15) is 11.5 Å². The number of anilines is 4. The van der Waals surface area contributed by atoms with Gasteiger partial charge in [-0.1, -0.05) is 47.5 Å². The van der Waals surface area contributed by atoms with E-state index >= 15 is 0 Å². The number of hydrogen-bond acceptors (Lipinski definition) is 12. The summed E-state index contributed by atoms with van der Waals surface area (Å²) in [6.45, 7) is 2.29. The van der Waals surface area contributed by atoms with Crippen molar-refractivity contribution in [2.75, 3.05) is 47.2 Å². The van der Waals surface area contributed by atoms with Gasteiger partial charge in [-0.3, -0.25) is 28.8 Å². The fourth-order valence-corrected chi connectivity index (χ4v) is 6.94. The van der Waals surface area contributed by atoms with Gasteiger partial charge in [0, 0.05) is 56.4 Å². The minimum atomic E-state index is -1.66. The smallest absolute Gasteiger partial charge is 0.258 e. The largest absolute Gasteiger partial charge is 0.494 e. The Morgan fingerprint density at radius 2 is 0.894 bits per heavy atom. The van der Waals surface area contributed by atoms with Crippen molar-refractivity contribution >= 4 is 116 Å². The Morgan fingerprint density at radius 3 is 1.21 bits per heavy atom. The Kier molecular flexibility index (Phi) is 18.3. The van der Waals surface area contributed by atoms with E-state index in [1.807, 2.05) is 24.3 Å². The van der Waals surface area contributed by atoms with E-state index in [-0.39, 0.29) is 55.4 Å². The molecule has 0 saturated heterocycles. The molecule has 0 bridgehead atoms. The molecule has 20 heteroatoms. The summed E-state index contributed by atoms with van der Waals surface area (Å²) in [6, 6.07) is 22.1. The predicted octanol–water partition coefficient (Wildman–Crippen LogP) is 10.4. The molecular formula is C46H42Cl4N8O8. The van der Waals surface area contributed by atoms with E-state index in [1.54, 1.807) is 24.3 Å². The SMILES string of the molecule is COc1cc(NC(=O)C(N=Nc2cc(Cl)cc(C(=O)Nc3ccc(CCCl)cc3)c2)C(C)=O)c(OC)cc1NC(=O)C(N=Nc1cc(Cl)cc(C(=O)Nc2ccc(CCCl)cc2)c1)C(C)=O. The van der Waals surface area contributed by atoms with Gasteiger partial charge in [0.25, 0.3) is 23.6 Å². The van der Waals surface area contributed by atoms with Crippen LogP contribution in [0, 0.1) is 0 Å². The van der Waals surface area contributed by atoms with Crippen LogP contribution in [0.1, 0.15) is 45.7 Å². The highest BCUT2D eigenvalue weighted by atomic mass is 35.5. The number of halogens is 4. The van der Waals surface area contributed by atoms with Crippen molar-refractivity contribution in [3.05, 3.63) is 129 Å². The number of methoxy groups -OCH3 is 2. The van der Waals surface area contributed by atoms with Crippen molar-refractivity contribution in [1.82, 2.24) is 0 Å². The Hall–Kier alpha value is -6.72. The second-order valence-electron chi connectivity index (χ2n) is 14.3. The molecule has 0 radical (unpaired) electrons. The van der Waals surface area contributed by atoms with E-state index in [0.717, 1.165) is 25.0 Å². The molecule has 2 unspecified atom stereocenters. The van der Waals surface area contributed by atoms with Crippen molar-refractivity contribution in [2.24, 2.45) is 20.5 Å². The van der Waals surface area contributed by atoms with Gasteiger partial charge in [-0.2, -0.15) is 20.5 Å². The zero-order valence-corrected chi connectivity index (χ0v) is 38.8. The molecule has 5 aromatic carbocycles. The standard InChI is InChI=1S/C46H42Cl4N8O8/c1-25(59)41(57-55-35-19-29(17-31(49)21-35)43(61)51-33-9-5-27(6-10-33)13-15-47)45(63)53-37-23-40(66-4)38(24-39(37)65-3)54-46(64)42(26(2)60)58-56-36-20-30(18-32(50)22-36)44(62)52-34-11-7-28(8-12-34)14-16-48/h5-12,17-24,41-42H,13-16H2,1-4H3,(H,51,61)(H,52,62)(H,53,63)(H,54,64). The third-order valence-electron chi connectivity index (χ3n) is 9.36. The van der Waals surface area contributed by atoms with Gasteiger partial charge in [-0.05, 0) is 98.5 Å². The number of Topliss-reactive ketones (excluding diaryl/α,β-unsaturated/α-hetero) is 2. The summed E-state index contributed by atoms with van der Waals surface area (Å²) in [7, 11) is 2.58. The molecule has 0 aromatic heterocycles. The molecule has 0 spiro atoms. The van der Waals surface area contributed by atoms with Crippen molar-refractivity contribution in [3.8, 4) is 11.5 Å². The van der Waals surface area contributed by atoms with Crippen molar-refractivity contribution in [1.29, 1.82) is 0 Å². The van der Waals surface area contributed by atoms with Crippen LogP contribution >= 0.6 is 46.4 Å². The van der Waals surface area contributed by atoms with Crippen molar-refractivity contribution in [2.45, 2.75) is 38.8 Å². The summed E-state index contributed by atoms with van der Waals surface area (Å²) in [4.78, 5) is 78.5. The van der Waals surface area contributed by atoms with Crippen LogP contribution in [0.15, 0.2) is 118 Å². The number of amides is 4. The molecule has 0 aliphatic heterocycles. The number of nitrogens with one attached hydrogen (secondary N) is 4. The summed E-state index contributed by atoms with van der Waals surface area (Å²) in [5.74, 6) is -3.19. The Morgan fingerprint density at radius 1 is 0.530 bits per heavy atom. The van der Waals surface area contributed by atoms with Gasteiger partial charge in [0.2, 0.25) is 12.1 Å². The first-order valence-corrected chi connectivity index (χ1v) is 21.7. The number of carbonyl (C=O) groups is 6. The van der Waals surface area contributed by atoms with E-state index in [1.165, 1.54) is 62.8 Å². The third kappa shape index (κ3) is 14.1. The fourth-order valence-electron chi connectivity index (χ4n) is 6.04. The van der Waals surface area contributed by atoms with Crippen LogP contribution in [0.25, 0.3) is 0 Å². The highest BCUT2D eigenvalue weighted by Gasteiger charge is 2.28. The lowest BCUT2D eigenvalue weighted by molar-refractivity contribution is -0.127. The molecule has 2 atom stereocenters. The molecule has 4 N–H and O–H groups in total. The normalized spacial score (nSPS) is 12.0. The first-order chi connectivity index (χ1) is 31.6. The molecule has 16 nitrogen and oxygen atoms in total. The molecule has 0 saturated carbocycles. The van der Waals surface area contributed by atoms with Crippen LogP contribution in [0.4, 0.5) is 34.1 Å². The van der Waals surface area contributed by atoms with Gasteiger partial charge in [-0.25, -0.2) is 0 Å². The Bertz CT molecular complexity index is 2500. The molecular weight excluding hydrogens is 934 g/mol. The number of rotatable bonds is 20. The summed E-state index contributed by atoms with van der Waals surface area (Å²) >= 11 is 24.2. The highest BCUT2D eigenvalue weighted by Crippen LogP contribution is 2.37. The number of carbonyl (C=O) groups excluding carboxylic acids is 6. The van der Waals surface area contributed by atoms with Crippen LogP contribution in [0.3, 0.4) is 0 Å². The number of aryl methyl sites for hydroxylation is 2. The van der Waals surface area contributed by atoms with Gasteiger partial charge in [0.15, 0.2) is 11.6 Å². The number of ketones is 2. The maximum absolute atomic E-state index is 13.5. The fraction of sp³-hybridized carbons (Fsp3) is 0.217. The molecule has 0 fully saturated rings. The summed E-state index contributed by atoms with van der Waals surface area (Å²) < 4.78 is 11.0. The molecule has 0 heterocycles. The van der Waals surface area contributed by atoms with Crippen LogP contribution in [-0.2, 0) is 32.0 Å². The topological polar surface area (TPSA) is 218 Å². The first kappa shape index (κ1) is 50.3. The maximum atomic E-state index is 13.5. The summed E-state index contributed by atoms with van der Waals surface area (Å²) in [6.07, 6.45) is 1.36. The van der Waals surface area contributed by atoms with E-state index in [9.17, 15) is 28.8 Å². The lowest BCUT2D eigenvalue weighted by atomic mass is 10.1. The minimum absolute atomic E-state index is 0.00908. The van der Waals surface area contributed by atoms with Crippen molar-refractivity contribution < 1.29 is 38.2 Å². The predicted molar refractivity (Wildman–Crippen MR) is 255 cm³/mol. The molecule has 342 valence electrons. The van der Waals surface area contributed by atoms with E-state index in [4.69, 9.17) is 55.9 Å². The van der Waals surface area contributed by atoms with E-state index in [2.05, 4.69) is 41.7 Å². The van der Waals surface area contributed by atoms with Crippen LogP contribution in [-0.4, -0.2) is 73.3 Å². The number of nitrogens with zero attached hydrogens (tertiary/aromatic N) is 4. The summed E-state index contributed by atoms with van der Waals surface area (Å²) in [5.41, 5.74) is 3.59. The van der Waals surface area contributed by atoms with Crippen LogP contribution < -0.4 is 30.7 Å².